The predicted molar refractivity (Wildman–Crippen MR) is 77.1 cm³/mol. The first-order valence-corrected chi connectivity index (χ1v) is 6.70. The molecule has 4 N–H and O–H groups in total. The monoisotopic (exact) mass is 253 g/mol. The van der Waals surface area contributed by atoms with Gasteiger partial charge in [-0.25, -0.2) is 10.9 Å². The molecule has 0 aromatic heterocycles. The van der Waals surface area contributed by atoms with Crippen LogP contribution >= 0.6 is 0 Å². The van der Waals surface area contributed by atoms with E-state index in [4.69, 9.17) is 5.73 Å². The van der Waals surface area contributed by atoms with E-state index in [2.05, 4.69) is 59.4 Å². The maximum absolute atomic E-state index is 6.18. The zero-order chi connectivity index (χ0) is 13.1. The lowest BCUT2D eigenvalue weighted by molar-refractivity contribution is 0.421. The van der Waals surface area contributed by atoms with Gasteiger partial charge >= 0.3 is 0 Å². The molecule has 2 aromatic rings. The van der Waals surface area contributed by atoms with Crippen LogP contribution in [-0.2, 0) is 6.42 Å². The summed E-state index contributed by atoms with van der Waals surface area (Å²) in [4.78, 5) is 0. The highest BCUT2D eigenvalue weighted by atomic mass is 15.5. The Morgan fingerprint density at radius 2 is 1.47 bits per heavy atom. The summed E-state index contributed by atoms with van der Waals surface area (Å²) in [6, 6.07) is 21.3. The van der Waals surface area contributed by atoms with Gasteiger partial charge in [0.15, 0.2) is 0 Å². The first-order valence-electron chi connectivity index (χ1n) is 6.70. The van der Waals surface area contributed by atoms with Gasteiger partial charge in [-0.15, -0.1) is 0 Å². The number of nitrogens with two attached hydrogens (primary N) is 1. The van der Waals surface area contributed by atoms with Gasteiger partial charge in [0.05, 0.1) is 12.2 Å². The highest BCUT2D eigenvalue weighted by molar-refractivity contribution is 5.23. The molecular formula is C16H19N3. The molecule has 3 rings (SSSR count). The van der Waals surface area contributed by atoms with Crippen molar-refractivity contribution in [3.05, 3.63) is 71.8 Å². The van der Waals surface area contributed by atoms with Crippen LogP contribution in [0.5, 0.6) is 0 Å². The van der Waals surface area contributed by atoms with Gasteiger partial charge in [-0.2, -0.15) is 0 Å². The fraction of sp³-hybridized carbons (Fsp3) is 0.250. The van der Waals surface area contributed by atoms with E-state index >= 15 is 0 Å². The topological polar surface area (TPSA) is 50.1 Å². The average molecular weight is 253 g/mol. The lowest BCUT2D eigenvalue weighted by atomic mass is 9.87. The minimum absolute atomic E-state index is 0.0228. The molecule has 1 fully saturated rings. The maximum atomic E-state index is 6.18. The normalized spacial score (nSPS) is 26.5. The van der Waals surface area contributed by atoms with Crippen LogP contribution in [-0.4, -0.2) is 6.17 Å². The quantitative estimate of drug-likeness (QED) is 0.784. The third-order valence-electron chi connectivity index (χ3n) is 3.77. The molecule has 2 aromatic carbocycles. The van der Waals surface area contributed by atoms with E-state index in [0.717, 1.165) is 6.42 Å². The van der Waals surface area contributed by atoms with E-state index in [-0.39, 0.29) is 12.2 Å². The SMILES string of the molecule is NC1NNC(c2ccccc2)C1Cc1ccccc1. The van der Waals surface area contributed by atoms with Gasteiger partial charge in [0.1, 0.15) is 0 Å². The smallest absolute Gasteiger partial charge is 0.0729 e. The number of hydrogen-bond acceptors (Lipinski definition) is 3. The van der Waals surface area contributed by atoms with Crippen LogP contribution in [0.2, 0.25) is 0 Å². The highest BCUT2D eigenvalue weighted by Crippen LogP contribution is 2.29. The molecule has 98 valence electrons. The Hall–Kier alpha value is -1.68. The molecule has 1 aliphatic rings. The molecule has 0 saturated carbocycles. The number of hydrazine groups is 1. The van der Waals surface area contributed by atoms with Crippen LogP contribution < -0.4 is 16.6 Å². The lowest BCUT2D eigenvalue weighted by Crippen LogP contribution is -2.39. The second-order valence-corrected chi connectivity index (χ2v) is 5.06. The summed E-state index contributed by atoms with van der Waals surface area (Å²) < 4.78 is 0. The van der Waals surface area contributed by atoms with E-state index in [1.807, 2.05) is 12.1 Å². The van der Waals surface area contributed by atoms with Gasteiger partial charge in [0.2, 0.25) is 0 Å². The Labute approximate surface area is 113 Å². The zero-order valence-corrected chi connectivity index (χ0v) is 10.8. The van der Waals surface area contributed by atoms with Crippen molar-refractivity contribution in [2.75, 3.05) is 0 Å². The minimum atomic E-state index is -0.0228. The van der Waals surface area contributed by atoms with E-state index in [9.17, 15) is 0 Å². The van der Waals surface area contributed by atoms with E-state index in [1.54, 1.807) is 0 Å². The number of nitrogens with one attached hydrogen (secondary N) is 2. The molecular weight excluding hydrogens is 234 g/mol. The molecule has 3 atom stereocenters. The van der Waals surface area contributed by atoms with Gasteiger partial charge in [0.25, 0.3) is 0 Å². The Kier molecular flexibility index (Phi) is 3.60. The third kappa shape index (κ3) is 2.68. The first kappa shape index (κ1) is 12.4. The molecule has 0 bridgehead atoms. The van der Waals surface area contributed by atoms with Crippen LogP contribution in [0.15, 0.2) is 60.7 Å². The Morgan fingerprint density at radius 3 is 2.16 bits per heavy atom. The molecule has 0 aliphatic carbocycles. The largest absolute Gasteiger partial charge is 0.315 e. The van der Waals surface area contributed by atoms with Crippen molar-refractivity contribution < 1.29 is 0 Å². The summed E-state index contributed by atoms with van der Waals surface area (Å²) >= 11 is 0. The van der Waals surface area contributed by atoms with Gasteiger partial charge in [0, 0.05) is 5.92 Å². The number of benzene rings is 2. The van der Waals surface area contributed by atoms with Crippen molar-refractivity contribution in [1.29, 1.82) is 0 Å². The summed E-state index contributed by atoms with van der Waals surface area (Å²) in [7, 11) is 0. The fourth-order valence-corrected chi connectivity index (χ4v) is 2.73. The molecule has 19 heavy (non-hydrogen) atoms. The molecule has 0 radical (unpaired) electrons. The van der Waals surface area contributed by atoms with Crippen LogP contribution in [0.3, 0.4) is 0 Å². The van der Waals surface area contributed by atoms with E-state index in [0.29, 0.717) is 5.92 Å². The Bertz CT molecular complexity index is 512. The Morgan fingerprint density at radius 1 is 0.842 bits per heavy atom. The van der Waals surface area contributed by atoms with Gasteiger partial charge < -0.3 is 5.73 Å². The molecule has 3 unspecified atom stereocenters. The first-order chi connectivity index (χ1) is 9.34. The number of hydrogen-bond donors (Lipinski definition) is 3. The highest BCUT2D eigenvalue weighted by Gasteiger charge is 2.34. The fourth-order valence-electron chi connectivity index (χ4n) is 2.73. The lowest BCUT2D eigenvalue weighted by Gasteiger charge is -2.21. The molecule has 3 heteroatoms. The molecule has 1 heterocycles. The van der Waals surface area contributed by atoms with Crippen LogP contribution in [0.4, 0.5) is 0 Å². The molecule has 0 amide bonds. The predicted octanol–water partition coefficient (Wildman–Crippen LogP) is 1.98. The molecule has 1 aliphatic heterocycles. The molecule has 0 spiro atoms. The maximum Gasteiger partial charge on any atom is 0.0729 e. The van der Waals surface area contributed by atoms with Crippen molar-refractivity contribution in [3.63, 3.8) is 0 Å². The van der Waals surface area contributed by atoms with E-state index in [1.165, 1.54) is 11.1 Å². The van der Waals surface area contributed by atoms with Crippen molar-refractivity contribution in [2.45, 2.75) is 18.6 Å². The average Bonchev–Trinajstić information content (AvgIpc) is 2.82. The summed E-state index contributed by atoms with van der Waals surface area (Å²) in [6.45, 7) is 0. The van der Waals surface area contributed by atoms with Crippen LogP contribution in [0.1, 0.15) is 17.2 Å². The summed E-state index contributed by atoms with van der Waals surface area (Å²) in [5, 5.41) is 0. The number of rotatable bonds is 3. The van der Waals surface area contributed by atoms with Gasteiger partial charge in [-0.1, -0.05) is 60.7 Å². The van der Waals surface area contributed by atoms with Crippen LogP contribution in [0.25, 0.3) is 0 Å². The van der Waals surface area contributed by atoms with Crippen molar-refractivity contribution in [2.24, 2.45) is 11.7 Å². The zero-order valence-electron chi connectivity index (χ0n) is 10.8. The van der Waals surface area contributed by atoms with Crippen molar-refractivity contribution in [3.8, 4) is 0 Å². The third-order valence-corrected chi connectivity index (χ3v) is 3.77. The second-order valence-electron chi connectivity index (χ2n) is 5.06. The summed E-state index contributed by atoms with van der Waals surface area (Å²) in [5.74, 6) is 0.352. The molecule has 1 saturated heterocycles. The van der Waals surface area contributed by atoms with Crippen molar-refractivity contribution in [1.82, 2.24) is 10.9 Å². The minimum Gasteiger partial charge on any atom is -0.315 e. The summed E-state index contributed by atoms with van der Waals surface area (Å²) in [5.41, 5.74) is 15.3. The second kappa shape index (κ2) is 5.53. The Balaban J connectivity index is 1.81. The standard InChI is InChI=1S/C16H19N3/c17-16-14(11-12-7-3-1-4-8-12)15(18-19-16)13-9-5-2-6-10-13/h1-10,14-16,18-19H,11,17H2. The van der Waals surface area contributed by atoms with Gasteiger partial charge in [-0.3, -0.25) is 0 Å². The van der Waals surface area contributed by atoms with Gasteiger partial charge in [-0.05, 0) is 17.5 Å². The van der Waals surface area contributed by atoms with E-state index < -0.39 is 0 Å². The molecule has 3 nitrogen and oxygen atoms in total. The van der Waals surface area contributed by atoms with Crippen LogP contribution in [0, 0.1) is 5.92 Å². The van der Waals surface area contributed by atoms with Crippen molar-refractivity contribution >= 4 is 0 Å². The summed E-state index contributed by atoms with van der Waals surface area (Å²) in [6.07, 6.45) is 0.951.